The molecule has 0 bridgehead atoms. The van der Waals surface area contributed by atoms with Gasteiger partial charge in [0.25, 0.3) is 5.91 Å². The zero-order chi connectivity index (χ0) is 20.0. The van der Waals surface area contributed by atoms with Crippen molar-refractivity contribution in [3.63, 3.8) is 0 Å². The lowest BCUT2D eigenvalue weighted by Crippen LogP contribution is -2.23. The van der Waals surface area contributed by atoms with Crippen molar-refractivity contribution in [1.29, 1.82) is 0 Å². The Morgan fingerprint density at radius 1 is 1.07 bits per heavy atom. The molecule has 0 saturated heterocycles. The molecule has 0 aliphatic carbocycles. The lowest BCUT2D eigenvalue weighted by Gasteiger charge is -2.11. The van der Waals surface area contributed by atoms with Gasteiger partial charge in [0.05, 0.1) is 29.9 Å². The first-order valence-corrected chi connectivity index (χ1v) is 10.1. The summed E-state index contributed by atoms with van der Waals surface area (Å²) >= 11 is 0. The van der Waals surface area contributed by atoms with Crippen LogP contribution in [0.25, 0.3) is 0 Å². The van der Waals surface area contributed by atoms with Gasteiger partial charge in [-0.1, -0.05) is 18.2 Å². The summed E-state index contributed by atoms with van der Waals surface area (Å²) in [7, 11) is -3.76. The van der Waals surface area contributed by atoms with Crippen LogP contribution in [0.1, 0.15) is 23.0 Å². The summed E-state index contributed by atoms with van der Waals surface area (Å²) in [5, 5.41) is 2.71. The average molecular weight is 400 g/mol. The van der Waals surface area contributed by atoms with Crippen LogP contribution in [0.2, 0.25) is 0 Å². The molecule has 0 aliphatic heterocycles. The second-order valence-corrected chi connectivity index (χ2v) is 7.58. The number of sulfonamides is 1. The maximum atomic E-state index is 12.6. The number of ether oxygens (including phenoxy) is 1. The molecule has 3 aromatic rings. The first kappa shape index (κ1) is 19.7. The summed E-state index contributed by atoms with van der Waals surface area (Å²) in [5.41, 5.74) is 0.728. The average Bonchev–Trinajstić information content (AvgIpc) is 3.21. The summed E-state index contributed by atoms with van der Waals surface area (Å²) in [6, 6.07) is 16.2. The Labute approximate surface area is 163 Å². The summed E-state index contributed by atoms with van der Waals surface area (Å²) < 4.78 is 38.0. The molecule has 0 spiro atoms. The lowest BCUT2D eigenvalue weighted by atomic mass is 10.2. The third kappa shape index (κ3) is 4.79. The molecule has 3 rings (SSSR count). The quantitative estimate of drug-likeness (QED) is 0.604. The largest absolute Gasteiger partial charge is 0.493 e. The van der Waals surface area contributed by atoms with Crippen LogP contribution in [0, 0.1) is 0 Å². The fourth-order valence-corrected chi connectivity index (χ4v) is 3.58. The number of amides is 1. The molecule has 0 radical (unpaired) electrons. The molecular weight excluding hydrogens is 380 g/mol. The zero-order valence-corrected chi connectivity index (χ0v) is 16.0. The highest BCUT2D eigenvalue weighted by molar-refractivity contribution is 7.89. The van der Waals surface area contributed by atoms with Gasteiger partial charge in [0.15, 0.2) is 0 Å². The van der Waals surface area contributed by atoms with Crippen molar-refractivity contribution >= 4 is 21.6 Å². The molecule has 1 amide bonds. The smallest absolute Gasteiger partial charge is 0.259 e. The highest BCUT2D eigenvalue weighted by Crippen LogP contribution is 2.21. The van der Waals surface area contributed by atoms with Gasteiger partial charge >= 0.3 is 0 Å². The molecule has 0 atom stereocenters. The number of anilines is 1. The van der Waals surface area contributed by atoms with E-state index in [1.54, 1.807) is 48.5 Å². The molecule has 1 aromatic heterocycles. The van der Waals surface area contributed by atoms with E-state index in [9.17, 15) is 13.2 Å². The molecule has 7 nitrogen and oxygen atoms in total. The number of nitrogens with one attached hydrogen (secondary N) is 2. The van der Waals surface area contributed by atoms with Crippen LogP contribution in [0.5, 0.6) is 5.75 Å². The van der Waals surface area contributed by atoms with Gasteiger partial charge in [-0.05, 0) is 49.4 Å². The van der Waals surface area contributed by atoms with Gasteiger partial charge in [-0.3, -0.25) is 4.79 Å². The number of carbonyl (C=O) groups is 1. The van der Waals surface area contributed by atoms with E-state index in [0.29, 0.717) is 29.4 Å². The van der Waals surface area contributed by atoms with Gasteiger partial charge in [0, 0.05) is 5.69 Å². The van der Waals surface area contributed by atoms with Gasteiger partial charge in [0.2, 0.25) is 10.0 Å². The Kier molecular flexibility index (Phi) is 6.13. The van der Waals surface area contributed by atoms with Crippen molar-refractivity contribution in [3.05, 3.63) is 78.3 Å². The summed E-state index contributed by atoms with van der Waals surface area (Å²) in [5.74, 6) is 0.578. The number of rotatable bonds is 8. The lowest BCUT2D eigenvalue weighted by molar-refractivity contribution is 0.102. The minimum absolute atomic E-state index is 0.0354. The van der Waals surface area contributed by atoms with Gasteiger partial charge in [-0.25, -0.2) is 13.1 Å². The Balaban J connectivity index is 1.75. The number of carbonyl (C=O) groups excluding carboxylic acids is 1. The fourth-order valence-electron chi connectivity index (χ4n) is 2.54. The molecule has 0 unspecified atom stereocenters. The molecule has 2 N–H and O–H groups in total. The molecule has 2 aromatic carbocycles. The van der Waals surface area contributed by atoms with E-state index in [1.807, 2.05) is 6.92 Å². The van der Waals surface area contributed by atoms with Crippen LogP contribution < -0.4 is 14.8 Å². The second kappa shape index (κ2) is 8.73. The number of hydrogen-bond acceptors (Lipinski definition) is 5. The molecule has 0 aliphatic rings. The van der Waals surface area contributed by atoms with E-state index in [4.69, 9.17) is 9.15 Å². The van der Waals surface area contributed by atoms with E-state index >= 15 is 0 Å². The van der Waals surface area contributed by atoms with Gasteiger partial charge in [-0.2, -0.15) is 0 Å². The topological polar surface area (TPSA) is 97.6 Å². The Morgan fingerprint density at radius 3 is 2.64 bits per heavy atom. The molecule has 146 valence electrons. The Hall–Kier alpha value is -3.10. The van der Waals surface area contributed by atoms with Gasteiger partial charge in [0.1, 0.15) is 11.5 Å². The Bertz CT molecular complexity index is 1050. The number of benzene rings is 2. The standard InChI is InChI=1S/C20H20N2O5S/c1-2-26-19-11-4-3-10-18(19)20(23)22-15-7-5-9-17(13-15)28(24,25)21-14-16-8-6-12-27-16/h3-13,21H,2,14H2,1H3,(H,22,23). The van der Waals surface area contributed by atoms with Crippen molar-refractivity contribution in [2.45, 2.75) is 18.4 Å². The van der Waals surface area contributed by atoms with Crippen LogP contribution in [0.3, 0.4) is 0 Å². The van der Waals surface area contributed by atoms with Crippen molar-refractivity contribution in [2.24, 2.45) is 0 Å². The SMILES string of the molecule is CCOc1ccccc1C(=O)Nc1cccc(S(=O)(=O)NCc2ccco2)c1. The van der Waals surface area contributed by atoms with Crippen LogP contribution in [-0.4, -0.2) is 20.9 Å². The number of hydrogen-bond donors (Lipinski definition) is 2. The van der Waals surface area contributed by atoms with Crippen molar-refractivity contribution in [2.75, 3.05) is 11.9 Å². The van der Waals surface area contributed by atoms with Gasteiger partial charge < -0.3 is 14.5 Å². The van der Waals surface area contributed by atoms with Crippen LogP contribution in [0.4, 0.5) is 5.69 Å². The Morgan fingerprint density at radius 2 is 1.89 bits per heavy atom. The number of para-hydroxylation sites is 1. The normalized spacial score (nSPS) is 11.2. The van der Waals surface area contributed by atoms with Crippen molar-refractivity contribution < 1.29 is 22.4 Å². The second-order valence-electron chi connectivity index (χ2n) is 5.82. The van der Waals surface area contributed by atoms with Crippen LogP contribution in [0.15, 0.2) is 76.2 Å². The molecule has 1 heterocycles. The predicted molar refractivity (Wildman–Crippen MR) is 105 cm³/mol. The monoisotopic (exact) mass is 400 g/mol. The van der Waals surface area contributed by atoms with Gasteiger partial charge in [-0.15, -0.1) is 0 Å². The first-order chi connectivity index (χ1) is 13.5. The number of furan rings is 1. The predicted octanol–water partition coefficient (Wildman–Crippen LogP) is 3.41. The molecular formula is C20H20N2O5S. The molecule has 28 heavy (non-hydrogen) atoms. The minimum atomic E-state index is -3.76. The summed E-state index contributed by atoms with van der Waals surface area (Å²) in [6.45, 7) is 2.30. The third-order valence-electron chi connectivity index (χ3n) is 3.85. The molecule has 8 heteroatoms. The maximum Gasteiger partial charge on any atom is 0.259 e. The van der Waals surface area contributed by atoms with E-state index in [1.165, 1.54) is 18.4 Å². The highest BCUT2D eigenvalue weighted by atomic mass is 32.2. The van der Waals surface area contributed by atoms with E-state index < -0.39 is 10.0 Å². The van der Waals surface area contributed by atoms with Crippen LogP contribution >= 0.6 is 0 Å². The van der Waals surface area contributed by atoms with Crippen molar-refractivity contribution in [1.82, 2.24) is 4.72 Å². The first-order valence-electron chi connectivity index (χ1n) is 8.65. The molecule has 0 saturated carbocycles. The summed E-state index contributed by atoms with van der Waals surface area (Å²) in [4.78, 5) is 12.6. The minimum Gasteiger partial charge on any atom is -0.493 e. The van der Waals surface area contributed by atoms with E-state index in [2.05, 4.69) is 10.0 Å². The molecule has 0 fully saturated rings. The highest BCUT2D eigenvalue weighted by Gasteiger charge is 2.17. The van der Waals surface area contributed by atoms with Crippen LogP contribution in [-0.2, 0) is 16.6 Å². The van der Waals surface area contributed by atoms with Crippen molar-refractivity contribution in [3.8, 4) is 5.75 Å². The summed E-state index contributed by atoms with van der Waals surface area (Å²) in [6.07, 6.45) is 1.47. The van der Waals surface area contributed by atoms with E-state index in [-0.39, 0.29) is 17.3 Å². The fraction of sp³-hybridized carbons (Fsp3) is 0.150. The maximum absolute atomic E-state index is 12.6. The third-order valence-corrected chi connectivity index (χ3v) is 5.25. The van der Waals surface area contributed by atoms with E-state index in [0.717, 1.165) is 0 Å². The zero-order valence-electron chi connectivity index (χ0n) is 15.2.